The summed E-state index contributed by atoms with van der Waals surface area (Å²) < 4.78 is 1.93. The number of fused-ring (bicyclic) bond motifs is 1. The molecule has 3 heterocycles. The van der Waals surface area contributed by atoms with Crippen LogP contribution in [0.3, 0.4) is 0 Å². The van der Waals surface area contributed by atoms with Gasteiger partial charge in [-0.05, 0) is 30.2 Å². The van der Waals surface area contributed by atoms with Crippen molar-refractivity contribution in [3.05, 3.63) is 52.8 Å². The van der Waals surface area contributed by atoms with Crippen molar-refractivity contribution >= 4 is 17.7 Å². The minimum absolute atomic E-state index is 0.0480. The van der Waals surface area contributed by atoms with Crippen molar-refractivity contribution in [2.45, 2.75) is 58.0 Å². The lowest BCUT2D eigenvalue weighted by Crippen LogP contribution is -2.50. The predicted molar refractivity (Wildman–Crippen MR) is 129 cm³/mol. The van der Waals surface area contributed by atoms with E-state index in [1.54, 1.807) is 4.90 Å². The van der Waals surface area contributed by atoms with Gasteiger partial charge in [0.25, 0.3) is 5.91 Å². The fraction of sp³-hybridized carbons (Fsp3) is 0.556. The van der Waals surface area contributed by atoms with Crippen LogP contribution in [-0.4, -0.2) is 63.5 Å². The lowest BCUT2D eigenvalue weighted by Gasteiger charge is -2.31. The predicted octanol–water partition coefficient (Wildman–Crippen LogP) is 2.36. The minimum Gasteiger partial charge on any atom is -0.353 e. The molecule has 184 valence electrons. The van der Waals surface area contributed by atoms with Crippen LogP contribution < -0.4 is 5.32 Å². The second kappa shape index (κ2) is 8.81. The summed E-state index contributed by atoms with van der Waals surface area (Å²) in [5.41, 5.74) is 3.64. The Labute approximate surface area is 205 Å². The average molecular weight is 476 g/mol. The number of nitrogens with one attached hydrogen (secondary N) is 1. The highest BCUT2D eigenvalue weighted by atomic mass is 16.2. The number of carbonyl (C=O) groups is 3. The minimum atomic E-state index is -0.215. The van der Waals surface area contributed by atoms with E-state index in [-0.39, 0.29) is 35.6 Å². The molecule has 3 fully saturated rings. The van der Waals surface area contributed by atoms with Crippen molar-refractivity contribution in [3.63, 3.8) is 0 Å². The molecule has 1 N–H and O–H groups in total. The zero-order chi connectivity index (χ0) is 24.0. The van der Waals surface area contributed by atoms with E-state index in [1.807, 2.05) is 27.8 Å². The first-order chi connectivity index (χ1) is 17.0. The second-order valence-corrected chi connectivity index (χ2v) is 10.7. The number of carbonyl (C=O) groups excluding carboxylic acids is 3. The van der Waals surface area contributed by atoms with Crippen LogP contribution in [-0.2, 0) is 29.1 Å². The Bertz CT molecular complexity index is 1150. The van der Waals surface area contributed by atoms with Crippen LogP contribution in [0.1, 0.15) is 65.8 Å². The van der Waals surface area contributed by atoms with Crippen molar-refractivity contribution in [3.8, 4) is 0 Å². The molecule has 1 saturated heterocycles. The van der Waals surface area contributed by atoms with E-state index >= 15 is 0 Å². The van der Waals surface area contributed by atoms with Gasteiger partial charge in [0.05, 0.1) is 13.1 Å². The molecule has 35 heavy (non-hydrogen) atoms. The first-order valence-corrected chi connectivity index (χ1v) is 13.0. The molecule has 4 aliphatic rings. The molecule has 3 amide bonds. The smallest absolute Gasteiger partial charge is 0.275 e. The molecule has 1 aromatic heterocycles. The Balaban J connectivity index is 1.28. The van der Waals surface area contributed by atoms with Gasteiger partial charge < -0.3 is 15.1 Å². The molecule has 2 aromatic rings. The maximum atomic E-state index is 13.5. The van der Waals surface area contributed by atoms with Crippen molar-refractivity contribution < 1.29 is 14.4 Å². The molecule has 2 aliphatic heterocycles. The summed E-state index contributed by atoms with van der Waals surface area (Å²) in [5.74, 6) is 0.0376. The lowest BCUT2D eigenvalue weighted by molar-refractivity contribution is -0.134. The molecule has 0 bridgehead atoms. The van der Waals surface area contributed by atoms with E-state index in [1.165, 1.54) is 32.1 Å². The number of hydrogen-bond acceptors (Lipinski definition) is 4. The normalized spacial score (nSPS) is 23.1. The molecule has 0 unspecified atom stereocenters. The largest absolute Gasteiger partial charge is 0.353 e. The molecule has 6 rings (SSSR count). The van der Waals surface area contributed by atoms with Gasteiger partial charge >= 0.3 is 0 Å². The molecule has 8 nitrogen and oxygen atoms in total. The fourth-order valence-corrected chi connectivity index (χ4v) is 6.43. The molecule has 2 aliphatic carbocycles. The highest BCUT2D eigenvalue weighted by Gasteiger charge is 2.58. The van der Waals surface area contributed by atoms with E-state index in [4.69, 9.17) is 5.10 Å². The topological polar surface area (TPSA) is 87.5 Å². The highest BCUT2D eigenvalue weighted by molar-refractivity contribution is 5.97. The Morgan fingerprint density at radius 3 is 2.60 bits per heavy atom. The van der Waals surface area contributed by atoms with Crippen molar-refractivity contribution in [1.82, 2.24) is 24.9 Å². The number of aromatic nitrogens is 2. The molecular weight excluding hydrogens is 442 g/mol. The lowest BCUT2D eigenvalue weighted by atomic mass is 9.84. The number of benzene rings is 1. The van der Waals surface area contributed by atoms with E-state index in [0.717, 1.165) is 23.2 Å². The Morgan fingerprint density at radius 2 is 1.83 bits per heavy atom. The standard InChI is InChI=1S/C27H33N5O3/c33-23-18-31(14-12-28-23)26(35)24-20-17-30(25(34)21-15-27(21)10-5-2-6-11-27)13-9-22(20)32(29-24)16-19-7-3-1-4-8-19/h1,3-4,7-8,21H,2,5-6,9-18H2,(H,28,33)/t21-/m0/s1. The fourth-order valence-electron chi connectivity index (χ4n) is 6.43. The quantitative estimate of drug-likeness (QED) is 0.736. The van der Waals surface area contributed by atoms with Gasteiger partial charge in [-0.15, -0.1) is 0 Å². The molecule has 0 radical (unpaired) electrons. The molecular formula is C27H33N5O3. The van der Waals surface area contributed by atoms with Crippen LogP contribution >= 0.6 is 0 Å². The molecule has 8 heteroatoms. The van der Waals surface area contributed by atoms with Crippen LogP contribution in [0, 0.1) is 11.3 Å². The maximum absolute atomic E-state index is 13.5. The summed E-state index contributed by atoms with van der Waals surface area (Å²) in [6, 6.07) is 10.1. The van der Waals surface area contributed by atoms with Gasteiger partial charge in [0.1, 0.15) is 0 Å². The number of amides is 3. The summed E-state index contributed by atoms with van der Waals surface area (Å²) in [7, 11) is 0. The second-order valence-electron chi connectivity index (χ2n) is 10.7. The SMILES string of the molecule is O=C1CN(C(=O)c2nn(Cc3ccccc3)c3c2CN(C(=O)[C@@H]2CC24CCCCC4)CC3)CCN1. The number of rotatable bonds is 4. The summed E-state index contributed by atoms with van der Waals surface area (Å²) in [6.45, 7) is 2.64. The Hall–Kier alpha value is -3.16. The Morgan fingerprint density at radius 1 is 1.03 bits per heavy atom. The van der Waals surface area contributed by atoms with E-state index < -0.39 is 0 Å². The summed E-state index contributed by atoms with van der Waals surface area (Å²) in [6.07, 6.45) is 7.84. The van der Waals surface area contributed by atoms with E-state index in [9.17, 15) is 14.4 Å². The van der Waals surface area contributed by atoms with Crippen LogP contribution in [0.15, 0.2) is 30.3 Å². The van der Waals surface area contributed by atoms with Crippen LogP contribution in [0.2, 0.25) is 0 Å². The third kappa shape index (κ3) is 4.13. The van der Waals surface area contributed by atoms with Crippen molar-refractivity contribution in [1.29, 1.82) is 0 Å². The summed E-state index contributed by atoms with van der Waals surface area (Å²) in [5, 5.41) is 7.56. The molecule has 1 spiro atoms. The van der Waals surface area contributed by atoms with E-state index in [2.05, 4.69) is 17.4 Å². The monoisotopic (exact) mass is 475 g/mol. The van der Waals surface area contributed by atoms with Gasteiger partial charge in [0, 0.05) is 49.8 Å². The highest BCUT2D eigenvalue weighted by Crippen LogP contribution is 2.62. The third-order valence-electron chi connectivity index (χ3n) is 8.49. The summed E-state index contributed by atoms with van der Waals surface area (Å²) >= 11 is 0. The van der Waals surface area contributed by atoms with Gasteiger partial charge in [-0.1, -0.05) is 49.6 Å². The van der Waals surface area contributed by atoms with Crippen molar-refractivity contribution in [2.75, 3.05) is 26.2 Å². The zero-order valence-corrected chi connectivity index (χ0v) is 20.2. The summed E-state index contributed by atoms with van der Waals surface area (Å²) in [4.78, 5) is 42.5. The molecule has 1 aromatic carbocycles. The van der Waals surface area contributed by atoms with Gasteiger partial charge in [-0.2, -0.15) is 5.10 Å². The number of piperazine rings is 1. The number of hydrogen-bond donors (Lipinski definition) is 1. The first-order valence-electron chi connectivity index (χ1n) is 13.0. The van der Waals surface area contributed by atoms with Gasteiger partial charge in [0.2, 0.25) is 11.8 Å². The Kier molecular flexibility index (Phi) is 5.61. The van der Waals surface area contributed by atoms with Gasteiger partial charge in [0.15, 0.2) is 5.69 Å². The average Bonchev–Trinajstić information content (AvgIpc) is 3.46. The van der Waals surface area contributed by atoms with E-state index in [0.29, 0.717) is 44.8 Å². The maximum Gasteiger partial charge on any atom is 0.275 e. The van der Waals surface area contributed by atoms with Crippen LogP contribution in [0.4, 0.5) is 0 Å². The number of nitrogens with zero attached hydrogens (tertiary/aromatic N) is 4. The van der Waals surface area contributed by atoms with Crippen LogP contribution in [0.25, 0.3) is 0 Å². The zero-order valence-electron chi connectivity index (χ0n) is 20.2. The third-order valence-corrected chi connectivity index (χ3v) is 8.49. The molecule has 2 saturated carbocycles. The van der Waals surface area contributed by atoms with Gasteiger partial charge in [-0.25, -0.2) is 0 Å². The van der Waals surface area contributed by atoms with Gasteiger partial charge in [-0.3, -0.25) is 19.1 Å². The molecule has 1 atom stereocenters. The first kappa shape index (κ1) is 22.3. The van der Waals surface area contributed by atoms with Crippen LogP contribution in [0.5, 0.6) is 0 Å². The van der Waals surface area contributed by atoms with Crippen molar-refractivity contribution in [2.24, 2.45) is 11.3 Å².